The second kappa shape index (κ2) is 10.4. The van der Waals surface area contributed by atoms with Gasteiger partial charge in [0.15, 0.2) is 0 Å². The van der Waals surface area contributed by atoms with Crippen LogP contribution in [0.4, 0.5) is 11.4 Å². The summed E-state index contributed by atoms with van der Waals surface area (Å²) in [4.78, 5) is 28.6. The predicted octanol–water partition coefficient (Wildman–Crippen LogP) is 3.54. The fraction of sp³-hybridized carbons (Fsp3) is 0.542. The highest BCUT2D eigenvalue weighted by Crippen LogP contribution is 2.32. The predicted molar refractivity (Wildman–Crippen MR) is 125 cm³/mol. The van der Waals surface area contributed by atoms with Crippen molar-refractivity contribution in [3.05, 3.63) is 57.5 Å². The molecule has 0 aliphatic carbocycles. The molecule has 9 nitrogen and oxygen atoms in total. The third kappa shape index (κ3) is 5.54. The van der Waals surface area contributed by atoms with Crippen molar-refractivity contribution in [3.8, 4) is 0 Å². The van der Waals surface area contributed by atoms with E-state index in [1.165, 1.54) is 6.07 Å². The van der Waals surface area contributed by atoms with Gasteiger partial charge in [-0.1, -0.05) is 6.92 Å². The molecule has 0 bridgehead atoms. The lowest BCUT2D eigenvalue weighted by Gasteiger charge is -2.33. The van der Waals surface area contributed by atoms with Gasteiger partial charge in [-0.15, -0.1) is 0 Å². The van der Waals surface area contributed by atoms with Gasteiger partial charge in [0.25, 0.3) is 11.6 Å². The molecule has 1 N–H and O–H groups in total. The van der Waals surface area contributed by atoms with Gasteiger partial charge in [-0.3, -0.25) is 19.8 Å². The molecule has 0 saturated carbocycles. The second-order valence-corrected chi connectivity index (χ2v) is 8.95. The van der Waals surface area contributed by atoms with Crippen LogP contribution in [-0.2, 0) is 4.74 Å². The van der Waals surface area contributed by atoms with Crippen molar-refractivity contribution in [2.75, 3.05) is 50.8 Å². The number of nitrogens with one attached hydrogen (secondary N) is 1. The zero-order valence-corrected chi connectivity index (χ0v) is 19.3. The third-order valence-corrected chi connectivity index (χ3v) is 6.59. The van der Waals surface area contributed by atoms with E-state index in [1.54, 1.807) is 12.1 Å². The molecular weight excluding hydrogens is 424 g/mol. The van der Waals surface area contributed by atoms with Crippen LogP contribution in [0.5, 0.6) is 0 Å². The first-order valence-electron chi connectivity index (χ1n) is 11.6. The van der Waals surface area contributed by atoms with E-state index in [1.807, 2.05) is 24.0 Å². The number of anilines is 1. The smallest absolute Gasteiger partial charge is 0.293 e. The first-order valence-corrected chi connectivity index (χ1v) is 11.6. The Bertz CT molecular complexity index is 977. The summed E-state index contributed by atoms with van der Waals surface area (Å²) >= 11 is 0. The van der Waals surface area contributed by atoms with Gasteiger partial charge in [-0.2, -0.15) is 0 Å². The van der Waals surface area contributed by atoms with E-state index in [-0.39, 0.29) is 23.2 Å². The number of nitro benzene ring substituents is 1. The Morgan fingerprint density at radius 3 is 2.55 bits per heavy atom. The fourth-order valence-corrected chi connectivity index (χ4v) is 4.55. The molecule has 0 unspecified atom stereocenters. The van der Waals surface area contributed by atoms with E-state index in [0.717, 1.165) is 50.5 Å². The van der Waals surface area contributed by atoms with Crippen LogP contribution in [0, 0.1) is 23.0 Å². The highest BCUT2D eigenvalue weighted by Gasteiger charge is 2.27. The van der Waals surface area contributed by atoms with Gasteiger partial charge in [0.2, 0.25) is 0 Å². The molecule has 4 rings (SSSR count). The summed E-state index contributed by atoms with van der Waals surface area (Å²) in [5.74, 6) is 1.89. The Morgan fingerprint density at radius 2 is 1.91 bits per heavy atom. The second-order valence-electron chi connectivity index (χ2n) is 8.95. The Morgan fingerprint density at radius 1 is 1.18 bits per heavy atom. The number of nitrogens with zero attached hydrogens (tertiary/aromatic N) is 3. The summed E-state index contributed by atoms with van der Waals surface area (Å²) in [6.45, 7) is 8.76. The van der Waals surface area contributed by atoms with Crippen LogP contribution in [0.15, 0.2) is 34.7 Å². The Kier molecular flexibility index (Phi) is 7.29. The number of amides is 1. The summed E-state index contributed by atoms with van der Waals surface area (Å²) < 4.78 is 11.3. The van der Waals surface area contributed by atoms with Gasteiger partial charge in [-0.25, -0.2) is 0 Å². The molecule has 2 saturated heterocycles. The van der Waals surface area contributed by atoms with Crippen molar-refractivity contribution in [2.45, 2.75) is 32.7 Å². The van der Waals surface area contributed by atoms with Crippen LogP contribution in [0.25, 0.3) is 0 Å². The van der Waals surface area contributed by atoms with Crippen LogP contribution in [0.2, 0.25) is 0 Å². The molecule has 1 amide bonds. The lowest BCUT2D eigenvalue weighted by Crippen LogP contribution is -2.43. The molecule has 1 aromatic heterocycles. The van der Waals surface area contributed by atoms with Crippen molar-refractivity contribution in [1.29, 1.82) is 0 Å². The van der Waals surface area contributed by atoms with Gasteiger partial charge >= 0.3 is 0 Å². The highest BCUT2D eigenvalue weighted by molar-refractivity contribution is 5.95. The fourth-order valence-electron chi connectivity index (χ4n) is 4.55. The van der Waals surface area contributed by atoms with Crippen LogP contribution in [0.1, 0.15) is 47.7 Å². The monoisotopic (exact) mass is 456 g/mol. The number of morpholine rings is 1. The molecular formula is C24H32N4O5. The number of piperidine rings is 1. The number of ether oxygens (including phenoxy) is 1. The van der Waals surface area contributed by atoms with Crippen molar-refractivity contribution >= 4 is 17.3 Å². The quantitative estimate of drug-likeness (QED) is 0.502. The SMILES string of the molecule is Cc1ccc([C@@H](CNC(=O)c2ccc(N3CCC(C)CC3)c([N+](=O)[O-])c2)N2CCOCC2)o1. The zero-order chi connectivity index (χ0) is 23.4. The largest absolute Gasteiger partial charge is 0.465 e. The van der Waals surface area contributed by atoms with Crippen molar-refractivity contribution < 1.29 is 18.9 Å². The number of hydrogen-bond donors (Lipinski definition) is 1. The summed E-state index contributed by atoms with van der Waals surface area (Å²) in [5, 5.41) is 14.7. The number of benzene rings is 1. The number of rotatable bonds is 7. The minimum atomic E-state index is -0.397. The molecule has 2 aliphatic heterocycles. The number of nitro groups is 1. The average Bonchev–Trinajstić information content (AvgIpc) is 3.25. The molecule has 2 fully saturated rings. The molecule has 1 atom stereocenters. The maximum atomic E-state index is 13.0. The standard InChI is InChI=1S/C24H32N4O5/c1-17-7-9-26(10-8-17)20-5-4-19(15-21(20)28(30)31)24(29)25-16-22(23-6-3-18(2)33-23)27-11-13-32-14-12-27/h3-6,15,17,22H,7-14,16H2,1-2H3,(H,25,29)/t22-/m1/s1. The van der Waals surface area contributed by atoms with E-state index in [0.29, 0.717) is 31.4 Å². The molecule has 0 radical (unpaired) electrons. The number of furan rings is 1. The minimum Gasteiger partial charge on any atom is -0.465 e. The van der Waals surface area contributed by atoms with E-state index in [2.05, 4.69) is 17.1 Å². The van der Waals surface area contributed by atoms with Gasteiger partial charge < -0.3 is 19.4 Å². The molecule has 2 aromatic rings. The highest BCUT2D eigenvalue weighted by atomic mass is 16.6. The maximum absolute atomic E-state index is 13.0. The Balaban J connectivity index is 1.48. The maximum Gasteiger partial charge on any atom is 0.293 e. The Labute approximate surface area is 193 Å². The van der Waals surface area contributed by atoms with Gasteiger partial charge in [0.1, 0.15) is 17.2 Å². The van der Waals surface area contributed by atoms with Crippen LogP contribution in [0.3, 0.4) is 0 Å². The first kappa shape index (κ1) is 23.3. The average molecular weight is 457 g/mol. The lowest BCUT2D eigenvalue weighted by molar-refractivity contribution is -0.384. The van der Waals surface area contributed by atoms with E-state index in [4.69, 9.17) is 9.15 Å². The number of carbonyl (C=O) groups excluding carboxylic acids is 1. The first-order chi connectivity index (χ1) is 15.9. The van der Waals surface area contributed by atoms with E-state index < -0.39 is 4.92 Å². The molecule has 2 aliphatic rings. The van der Waals surface area contributed by atoms with Gasteiger partial charge in [-0.05, 0) is 49.9 Å². The molecule has 178 valence electrons. The molecule has 33 heavy (non-hydrogen) atoms. The zero-order valence-electron chi connectivity index (χ0n) is 19.3. The van der Waals surface area contributed by atoms with Crippen LogP contribution < -0.4 is 10.2 Å². The number of aryl methyl sites for hydroxylation is 1. The number of hydrogen-bond acceptors (Lipinski definition) is 7. The van der Waals surface area contributed by atoms with Crippen LogP contribution in [-0.4, -0.2) is 61.7 Å². The third-order valence-electron chi connectivity index (χ3n) is 6.59. The molecule has 1 aromatic carbocycles. The summed E-state index contributed by atoms with van der Waals surface area (Å²) in [6.07, 6.45) is 2.02. The summed E-state index contributed by atoms with van der Waals surface area (Å²) in [5.41, 5.74) is 0.844. The summed E-state index contributed by atoms with van der Waals surface area (Å²) in [6, 6.07) is 8.49. The molecule has 3 heterocycles. The Hall–Kier alpha value is -2.91. The normalized spacial score (nSPS) is 18.8. The van der Waals surface area contributed by atoms with Crippen molar-refractivity contribution in [1.82, 2.24) is 10.2 Å². The lowest BCUT2D eigenvalue weighted by atomic mass is 9.98. The summed E-state index contributed by atoms with van der Waals surface area (Å²) in [7, 11) is 0. The molecule has 0 spiro atoms. The van der Waals surface area contributed by atoms with Crippen molar-refractivity contribution in [2.24, 2.45) is 5.92 Å². The van der Waals surface area contributed by atoms with Gasteiger partial charge in [0.05, 0.1) is 24.2 Å². The topological polar surface area (TPSA) is 101 Å². The van der Waals surface area contributed by atoms with E-state index >= 15 is 0 Å². The molecule has 9 heteroatoms. The van der Waals surface area contributed by atoms with E-state index in [9.17, 15) is 14.9 Å². The van der Waals surface area contributed by atoms with Crippen molar-refractivity contribution in [3.63, 3.8) is 0 Å². The van der Waals surface area contributed by atoms with Crippen LogP contribution >= 0.6 is 0 Å². The van der Waals surface area contributed by atoms with Gasteiger partial charge in [0, 0.05) is 44.4 Å². The minimum absolute atomic E-state index is 0.0245. The number of carbonyl (C=O) groups is 1.